The third-order valence-electron chi connectivity index (χ3n) is 5.88. The standard InChI is InChI=1S/C25H28FN5O2/c1-3-22(32)28-23-17(2)29-31(21-10-5-4-6-11-21)25(23)30-14-12-18(13-15-30)24(33)27-20-9-7-8-19(26)16-20/h4-11,16,18H,3,12-15H2,1-2H3,(H,27,33)(H,28,32). The van der Waals surface area contributed by atoms with Crippen molar-refractivity contribution >= 4 is 29.0 Å². The molecular formula is C25H28FN5O2. The quantitative estimate of drug-likeness (QED) is 0.580. The first-order chi connectivity index (χ1) is 16.0. The molecular weight excluding hydrogens is 421 g/mol. The zero-order chi connectivity index (χ0) is 23.4. The first kappa shape index (κ1) is 22.5. The van der Waals surface area contributed by atoms with Crippen molar-refractivity contribution in [2.24, 2.45) is 5.92 Å². The Labute approximate surface area is 192 Å². The maximum atomic E-state index is 13.4. The first-order valence-corrected chi connectivity index (χ1v) is 11.2. The van der Waals surface area contributed by atoms with Gasteiger partial charge in [0.2, 0.25) is 11.8 Å². The summed E-state index contributed by atoms with van der Waals surface area (Å²) in [5.41, 5.74) is 2.80. The van der Waals surface area contributed by atoms with Gasteiger partial charge in [-0.05, 0) is 50.1 Å². The number of halogens is 1. The minimum Gasteiger partial charge on any atom is -0.355 e. The zero-order valence-electron chi connectivity index (χ0n) is 18.8. The molecule has 2 N–H and O–H groups in total. The molecule has 33 heavy (non-hydrogen) atoms. The van der Waals surface area contributed by atoms with Crippen molar-refractivity contribution in [3.05, 3.63) is 66.1 Å². The van der Waals surface area contributed by atoms with Gasteiger partial charge in [-0.2, -0.15) is 5.10 Å². The monoisotopic (exact) mass is 449 g/mol. The van der Waals surface area contributed by atoms with E-state index in [4.69, 9.17) is 5.10 Å². The van der Waals surface area contributed by atoms with E-state index in [2.05, 4.69) is 15.5 Å². The van der Waals surface area contributed by atoms with Crippen LogP contribution in [-0.4, -0.2) is 34.7 Å². The molecule has 1 fully saturated rings. The van der Waals surface area contributed by atoms with Crippen LogP contribution in [0.3, 0.4) is 0 Å². The van der Waals surface area contributed by atoms with Gasteiger partial charge in [0.25, 0.3) is 0 Å². The van der Waals surface area contributed by atoms with E-state index < -0.39 is 0 Å². The number of aromatic nitrogens is 2. The van der Waals surface area contributed by atoms with Crippen LogP contribution >= 0.6 is 0 Å². The summed E-state index contributed by atoms with van der Waals surface area (Å²) in [5, 5.41) is 10.5. The highest BCUT2D eigenvalue weighted by atomic mass is 19.1. The highest BCUT2D eigenvalue weighted by Crippen LogP contribution is 2.35. The lowest BCUT2D eigenvalue weighted by Crippen LogP contribution is -2.39. The molecule has 8 heteroatoms. The molecule has 0 radical (unpaired) electrons. The molecule has 1 saturated heterocycles. The zero-order valence-corrected chi connectivity index (χ0v) is 18.8. The maximum absolute atomic E-state index is 13.4. The van der Waals surface area contributed by atoms with Crippen molar-refractivity contribution in [2.75, 3.05) is 28.6 Å². The van der Waals surface area contributed by atoms with Crippen LogP contribution in [0.1, 0.15) is 31.9 Å². The number of amides is 2. The first-order valence-electron chi connectivity index (χ1n) is 11.2. The Morgan fingerprint density at radius 1 is 1.06 bits per heavy atom. The number of hydrogen-bond acceptors (Lipinski definition) is 4. The van der Waals surface area contributed by atoms with Gasteiger partial charge >= 0.3 is 0 Å². The van der Waals surface area contributed by atoms with Gasteiger partial charge in [0.1, 0.15) is 11.5 Å². The fraction of sp³-hybridized carbons (Fsp3) is 0.320. The molecule has 4 rings (SSSR count). The smallest absolute Gasteiger partial charge is 0.227 e. The predicted molar refractivity (Wildman–Crippen MR) is 127 cm³/mol. The van der Waals surface area contributed by atoms with Gasteiger partial charge in [-0.15, -0.1) is 0 Å². The number of nitrogens with one attached hydrogen (secondary N) is 2. The maximum Gasteiger partial charge on any atom is 0.227 e. The molecule has 1 aliphatic rings. The van der Waals surface area contributed by atoms with Crippen LogP contribution in [0.25, 0.3) is 5.69 Å². The number of para-hydroxylation sites is 1. The largest absolute Gasteiger partial charge is 0.355 e. The van der Waals surface area contributed by atoms with E-state index in [0.29, 0.717) is 43.7 Å². The lowest BCUT2D eigenvalue weighted by atomic mass is 9.95. The molecule has 1 aliphatic heterocycles. The van der Waals surface area contributed by atoms with E-state index in [1.54, 1.807) is 12.1 Å². The lowest BCUT2D eigenvalue weighted by molar-refractivity contribution is -0.120. The minimum absolute atomic E-state index is 0.0729. The van der Waals surface area contributed by atoms with Gasteiger partial charge in [0.15, 0.2) is 5.82 Å². The van der Waals surface area contributed by atoms with E-state index in [0.717, 1.165) is 17.2 Å². The van der Waals surface area contributed by atoms with E-state index in [-0.39, 0.29) is 23.5 Å². The van der Waals surface area contributed by atoms with Crippen LogP contribution < -0.4 is 15.5 Å². The Morgan fingerprint density at radius 2 is 1.79 bits per heavy atom. The molecule has 2 aromatic carbocycles. The number of carbonyl (C=O) groups is 2. The summed E-state index contributed by atoms with van der Waals surface area (Å²) in [6.45, 7) is 4.96. The van der Waals surface area contributed by atoms with E-state index in [1.807, 2.05) is 48.9 Å². The summed E-state index contributed by atoms with van der Waals surface area (Å²) in [6, 6.07) is 15.7. The topological polar surface area (TPSA) is 79.3 Å². The number of carbonyl (C=O) groups excluding carboxylic acids is 2. The number of anilines is 3. The second-order valence-corrected chi connectivity index (χ2v) is 8.19. The second kappa shape index (κ2) is 9.85. The summed E-state index contributed by atoms with van der Waals surface area (Å²) < 4.78 is 15.3. The van der Waals surface area contributed by atoms with Crippen molar-refractivity contribution in [1.82, 2.24) is 9.78 Å². The number of piperidine rings is 1. The molecule has 0 aliphatic carbocycles. The summed E-state index contributed by atoms with van der Waals surface area (Å²) in [6.07, 6.45) is 1.65. The van der Waals surface area contributed by atoms with Crippen LogP contribution in [0.5, 0.6) is 0 Å². The van der Waals surface area contributed by atoms with Gasteiger partial charge in [0, 0.05) is 31.1 Å². The third-order valence-corrected chi connectivity index (χ3v) is 5.88. The highest BCUT2D eigenvalue weighted by Gasteiger charge is 2.30. The molecule has 172 valence electrons. The fourth-order valence-electron chi connectivity index (χ4n) is 4.09. The predicted octanol–water partition coefficient (Wildman–Crippen LogP) is 4.52. The molecule has 0 saturated carbocycles. The Morgan fingerprint density at radius 3 is 2.45 bits per heavy atom. The normalized spacial score (nSPS) is 14.2. The lowest BCUT2D eigenvalue weighted by Gasteiger charge is -2.33. The van der Waals surface area contributed by atoms with Gasteiger partial charge in [-0.1, -0.05) is 31.2 Å². The molecule has 0 bridgehead atoms. The van der Waals surface area contributed by atoms with Crippen LogP contribution in [0.2, 0.25) is 0 Å². The Kier molecular flexibility index (Phi) is 6.72. The Bertz CT molecular complexity index is 1140. The number of rotatable bonds is 6. The van der Waals surface area contributed by atoms with Crippen LogP contribution in [-0.2, 0) is 9.59 Å². The summed E-state index contributed by atoms with van der Waals surface area (Å²) in [7, 11) is 0. The van der Waals surface area contributed by atoms with Gasteiger partial charge in [-0.25, -0.2) is 9.07 Å². The van der Waals surface area contributed by atoms with Crippen LogP contribution in [0, 0.1) is 18.7 Å². The summed E-state index contributed by atoms with van der Waals surface area (Å²) in [4.78, 5) is 27.1. The number of benzene rings is 2. The highest BCUT2D eigenvalue weighted by molar-refractivity contribution is 5.95. The van der Waals surface area contributed by atoms with E-state index >= 15 is 0 Å². The summed E-state index contributed by atoms with van der Waals surface area (Å²) in [5.74, 6) is 0.0922. The van der Waals surface area contributed by atoms with Gasteiger partial charge in [0.05, 0.1) is 11.4 Å². The molecule has 2 amide bonds. The van der Waals surface area contributed by atoms with Crippen molar-refractivity contribution in [3.8, 4) is 5.69 Å². The Hall–Kier alpha value is -3.68. The van der Waals surface area contributed by atoms with Crippen molar-refractivity contribution in [1.29, 1.82) is 0 Å². The second-order valence-electron chi connectivity index (χ2n) is 8.19. The molecule has 0 atom stereocenters. The van der Waals surface area contributed by atoms with Crippen molar-refractivity contribution in [2.45, 2.75) is 33.1 Å². The average Bonchev–Trinajstić information content (AvgIpc) is 3.15. The third kappa shape index (κ3) is 5.05. The Balaban J connectivity index is 1.54. The van der Waals surface area contributed by atoms with Crippen molar-refractivity contribution in [3.63, 3.8) is 0 Å². The minimum atomic E-state index is -0.381. The molecule has 0 spiro atoms. The molecule has 1 aromatic heterocycles. The number of nitrogens with zero attached hydrogens (tertiary/aromatic N) is 3. The van der Waals surface area contributed by atoms with E-state index in [1.165, 1.54) is 12.1 Å². The fourth-order valence-corrected chi connectivity index (χ4v) is 4.09. The van der Waals surface area contributed by atoms with Crippen LogP contribution in [0.4, 0.5) is 21.6 Å². The molecule has 7 nitrogen and oxygen atoms in total. The number of hydrogen-bond donors (Lipinski definition) is 2. The van der Waals surface area contributed by atoms with Crippen LogP contribution in [0.15, 0.2) is 54.6 Å². The van der Waals surface area contributed by atoms with E-state index in [9.17, 15) is 14.0 Å². The molecule has 2 heterocycles. The van der Waals surface area contributed by atoms with Crippen molar-refractivity contribution < 1.29 is 14.0 Å². The summed E-state index contributed by atoms with van der Waals surface area (Å²) >= 11 is 0. The molecule has 0 unspecified atom stereocenters. The SMILES string of the molecule is CCC(=O)Nc1c(C)nn(-c2ccccc2)c1N1CCC(C(=O)Nc2cccc(F)c2)CC1. The average molecular weight is 450 g/mol. The van der Waals surface area contributed by atoms with Gasteiger partial charge < -0.3 is 15.5 Å². The number of aryl methyl sites for hydroxylation is 1. The molecule has 3 aromatic rings. The van der Waals surface area contributed by atoms with Gasteiger partial charge in [-0.3, -0.25) is 9.59 Å².